The summed E-state index contributed by atoms with van der Waals surface area (Å²) in [6, 6.07) is 9.92. The predicted molar refractivity (Wildman–Crippen MR) is 86.4 cm³/mol. The van der Waals surface area contributed by atoms with Crippen LogP contribution < -0.4 is 16.0 Å². The third kappa shape index (κ3) is 5.45. The monoisotopic (exact) mass is 288 g/mol. The molecule has 1 aromatic rings. The Kier molecular flexibility index (Phi) is 6.06. The number of guanidine groups is 1. The summed E-state index contributed by atoms with van der Waals surface area (Å²) in [5, 5.41) is 9.41. The summed E-state index contributed by atoms with van der Waals surface area (Å²) in [6.07, 6.45) is 4.90. The van der Waals surface area contributed by atoms with Gasteiger partial charge in [-0.1, -0.05) is 31.0 Å². The van der Waals surface area contributed by atoms with Gasteiger partial charge in [-0.25, -0.2) is 4.99 Å². The van der Waals surface area contributed by atoms with Crippen LogP contribution in [0.25, 0.3) is 0 Å². The Labute approximate surface area is 126 Å². The lowest BCUT2D eigenvalue weighted by molar-refractivity contribution is -0.114. The van der Waals surface area contributed by atoms with E-state index in [0.29, 0.717) is 6.04 Å². The normalized spacial score (nSPS) is 15.8. The van der Waals surface area contributed by atoms with Gasteiger partial charge in [-0.3, -0.25) is 4.79 Å². The zero-order chi connectivity index (χ0) is 14.9. The molecule has 0 saturated heterocycles. The molecule has 1 saturated carbocycles. The first-order valence-electron chi connectivity index (χ1n) is 7.67. The van der Waals surface area contributed by atoms with Crippen molar-refractivity contribution in [1.29, 1.82) is 0 Å². The fourth-order valence-electron chi connectivity index (χ4n) is 2.46. The molecule has 0 aromatic heterocycles. The number of hydrogen-bond acceptors (Lipinski definition) is 2. The average Bonchev–Trinajstić information content (AvgIpc) is 2.99. The molecule has 0 spiro atoms. The van der Waals surface area contributed by atoms with Gasteiger partial charge < -0.3 is 16.0 Å². The van der Waals surface area contributed by atoms with Crippen LogP contribution in [0.1, 0.15) is 32.6 Å². The van der Waals surface area contributed by atoms with Crippen LogP contribution in [0.15, 0.2) is 35.3 Å². The van der Waals surface area contributed by atoms with Crippen LogP contribution in [0, 0.1) is 0 Å². The van der Waals surface area contributed by atoms with E-state index in [4.69, 9.17) is 0 Å². The van der Waals surface area contributed by atoms with Crippen LogP contribution >= 0.6 is 0 Å². The van der Waals surface area contributed by atoms with E-state index in [1.54, 1.807) is 0 Å². The highest BCUT2D eigenvalue weighted by molar-refractivity contribution is 5.94. The number of anilines is 1. The topological polar surface area (TPSA) is 65.5 Å². The molecule has 1 fully saturated rings. The van der Waals surface area contributed by atoms with Gasteiger partial charge in [0.15, 0.2) is 5.96 Å². The van der Waals surface area contributed by atoms with Gasteiger partial charge in [-0.2, -0.15) is 0 Å². The molecule has 5 heteroatoms. The molecular weight excluding hydrogens is 264 g/mol. The van der Waals surface area contributed by atoms with Gasteiger partial charge >= 0.3 is 0 Å². The zero-order valence-corrected chi connectivity index (χ0v) is 12.6. The number of amides is 1. The van der Waals surface area contributed by atoms with Crippen molar-refractivity contribution >= 4 is 17.6 Å². The van der Waals surface area contributed by atoms with Gasteiger partial charge in [0.2, 0.25) is 5.91 Å². The standard InChI is InChI=1S/C16H24N4O/c1-2-17-16(20-14-10-6-7-11-14)18-12-15(21)19-13-8-4-3-5-9-13/h3-5,8-9,14H,2,6-7,10-12H2,1H3,(H,19,21)(H2,17,18,20). The van der Waals surface area contributed by atoms with Crippen LogP contribution in [0.2, 0.25) is 0 Å². The van der Waals surface area contributed by atoms with Crippen molar-refractivity contribution in [2.75, 3.05) is 18.4 Å². The highest BCUT2D eigenvalue weighted by atomic mass is 16.1. The molecule has 3 N–H and O–H groups in total. The van der Waals surface area contributed by atoms with Crippen molar-refractivity contribution in [2.24, 2.45) is 4.99 Å². The first-order valence-corrected chi connectivity index (χ1v) is 7.67. The van der Waals surface area contributed by atoms with Gasteiger partial charge in [-0.05, 0) is 31.9 Å². The van der Waals surface area contributed by atoms with E-state index >= 15 is 0 Å². The van der Waals surface area contributed by atoms with E-state index in [0.717, 1.165) is 18.2 Å². The summed E-state index contributed by atoms with van der Waals surface area (Å²) in [5.41, 5.74) is 0.798. The summed E-state index contributed by atoms with van der Waals surface area (Å²) in [7, 11) is 0. The number of nitrogens with one attached hydrogen (secondary N) is 3. The summed E-state index contributed by atoms with van der Waals surface area (Å²) >= 11 is 0. The molecular formula is C16H24N4O. The average molecular weight is 288 g/mol. The maximum atomic E-state index is 11.9. The summed E-state index contributed by atoms with van der Waals surface area (Å²) in [4.78, 5) is 16.2. The van der Waals surface area contributed by atoms with E-state index in [1.165, 1.54) is 25.7 Å². The molecule has 0 unspecified atom stereocenters. The molecule has 0 radical (unpaired) electrons. The third-order valence-electron chi connectivity index (χ3n) is 3.48. The van der Waals surface area contributed by atoms with E-state index in [9.17, 15) is 4.79 Å². The SMILES string of the molecule is CCNC(=NCC(=O)Nc1ccccc1)NC1CCCC1. The van der Waals surface area contributed by atoms with E-state index in [2.05, 4.69) is 20.9 Å². The van der Waals surface area contributed by atoms with E-state index in [-0.39, 0.29) is 12.5 Å². The number of para-hydroxylation sites is 1. The molecule has 0 atom stereocenters. The van der Waals surface area contributed by atoms with Crippen LogP contribution in [-0.4, -0.2) is 31.0 Å². The smallest absolute Gasteiger partial charge is 0.246 e. The molecule has 2 rings (SSSR count). The van der Waals surface area contributed by atoms with Crippen LogP contribution in [0.4, 0.5) is 5.69 Å². The largest absolute Gasteiger partial charge is 0.357 e. The minimum absolute atomic E-state index is 0.107. The molecule has 0 heterocycles. The summed E-state index contributed by atoms with van der Waals surface area (Å²) in [6.45, 7) is 2.94. The molecule has 5 nitrogen and oxygen atoms in total. The van der Waals surface area contributed by atoms with Gasteiger partial charge in [0.05, 0.1) is 0 Å². The second-order valence-electron chi connectivity index (χ2n) is 5.24. The lowest BCUT2D eigenvalue weighted by Crippen LogP contribution is -2.42. The Morgan fingerprint density at radius 3 is 2.62 bits per heavy atom. The molecule has 114 valence electrons. The molecule has 1 aromatic carbocycles. The number of rotatable bonds is 5. The minimum atomic E-state index is -0.107. The molecule has 1 aliphatic carbocycles. The quantitative estimate of drug-likeness (QED) is 0.574. The van der Waals surface area contributed by atoms with Gasteiger partial charge in [0.25, 0.3) is 0 Å². The Bertz CT molecular complexity index is 466. The lowest BCUT2D eigenvalue weighted by Gasteiger charge is -2.16. The minimum Gasteiger partial charge on any atom is -0.357 e. The van der Waals surface area contributed by atoms with Crippen molar-refractivity contribution in [3.63, 3.8) is 0 Å². The maximum absolute atomic E-state index is 11.9. The maximum Gasteiger partial charge on any atom is 0.246 e. The number of aliphatic imine (C=N–C) groups is 1. The highest BCUT2D eigenvalue weighted by Gasteiger charge is 2.15. The number of hydrogen-bond donors (Lipinski definition) is 3. The van der Waals surface area contributed by atoms with Crippen LogP contribution in [0.3, 0.4) is 0 Å². The fraction of sp³-hybridized carbons (Fsp3) is 0.500. The van der Waals surface area contributed by atoms with Gasteiger partial charge in [-0.15, -0.1) is 0 Å². The van der Waals surface area contributed by atoms with Crippen LogP contribution in [0.5, 0.6) is 0 Å². The Morgan fingerprint density at radius 1 is 1.24 bits per heavy atom. The Morgan fingerprint density at radius 2 is 1.95 bits per heavy atom. The number of carbonyl (C=O) groups is 1. The zero-order valence-electron chi connectivity index (χ0n) is 12.6. The summed E-state index contributed by atoms with van der Waals surface area (Å²) < 4.78 is 0. The van der Waals surface area contributed by atoms with Crippen molar-refractivity contribution in [2.45, 2.75) is 38.6 Å². The van der Waals surface area contributed by atoms with Crippen LogP contribution in [-0.2, 0) is 4.79 Å². The van der Waals surface area contributed by atoms with E-state index < -0.39 is 0 Å². The highest BCUT2D eigenvalue weighted by Crippen LogP contribution is 2.17. The van der Waals surface area contributed by atoms with Crippen molar-refractivity contribution in [3.05, 3.63) is 30.3 Å². The first-order chi connectivity index (χ1) is 10.3. The molecule has 0 aliphatic heterocycles. The van der Waals surface area contributed by atoms with Crippen molar-refractivity contribution in [3.8, 4) is 0 Å². The summed E-state index contributed by atoms with van der Waals surface area (Å²) in [5.74, 6) is 0.623. The first kappa shape index (κ1) is 15.4. The molecule has 1 amide bonds. The van der Waals surface area contributed by atoms with Gasteiger partial charge in [0.1, 0.15) is 6.54 Å². The van der Waals surface area contributed by atoms with Crippen molar-refractivity contribution < 1.29 is 4.79 Å². The predicted octanol–water partition coefficient (Wildman–Crippen LogP) is 2.12. The Hall–Kier alpha value is -2.04. The van der Waals surface area contributed by atoms with E-state index in [1.807, 2.05) is 37.3 Å². The molecule has 21 heavy (non-hydrogen) atoms. The molecule has 1 aliphatic rings. The third-order valence-corrected chi connectivity index (χ3v) is 3.48. The fourth-order valence-corrected chi connectivity index (χ4v) is 2.46. The number of benzene rings is 1. The van der Waals surface area contributed by atoms with Crippen molar-refractivity contribution in [1.82, 2.24) is 10.6 Å². The lowest BCUT2D eigenvalue weighted by atomic mass is 10.2. The second-order valence-corrected chi connectivity index (χ2v) is 5.24. The number of carbonyl (C=O) groups excluding carboxylic acids is 1. The van der Waals surface area contributed by atoms with Gasteiger partial charge in [0, 0.05) is 18.3 Å². The number of nitrogens with zero attached hydrogens (tertiary/aromatic N) is 1. The second kappa shape index (κ2) is 8.29. The Balaban J connectivity index is 1.84. The molecule has 0 bridgehead atoms.